The molecule has 0 fully saturated rings. The lowest BCUT2D eigenvalue weighted by atomic mass is 10.1. The number of fused-ring (bicyclic) bond motifs is 1. The molecule has 2 atom stereocenters. The van der Waals surface area contributed by atoms with E-state index in [0.29, 0.717) is 0 Å². The number of benzene rings is 2. The number of phenolic OH excluding ortho intramolecular Hbond substituents is 1. The maximum absolute atomic E-state index is 12.2. The highest BCUT2D eigenvalue weighted by molar-refractivity contribution is 5.91. The fourth-order valence-electron chi connectivity index (χ4n) is 3.48. The number of H-pyrrole nitrogens is 1. The zero-order valence-electron chi connectivity index (χ0n) is 18.8. The predicted molar refractivity (Wildman–Crippen MR) is 127 cm³/mol. The number of nitrogens with two attached hydrogens (primary N) is 1. The minimum Gasteiger partial charge on any atom is -0.508 e. The van der Waals surface area contributed by atoms with Gasteiger partial charge in [0, 0.05) is 23.5 Å². The average molecular weight is 482 g/mol. The number of aromatic hydroxyl groups is 1. The molecule has 0 saturated heterocycles. The van der Waals surface area contributed by atoms with Gasteiger partial charge in [-0.25, -0.2) is 4.79 Å². The van der Waals surface area contributed by atoms with Crippen LogP contribution in [0.1, 0.15) is 11.1 Å². The van der Waals surface area contributed by atoms with E-state index in [-0.39, 0.29) is 18.6 Å². The van der Waals surface area contributed by atoms with E-state index < -0.39 is 48.9 Å². The summed E-state index contributed by atoms with van der Waals surface area (Å²) >= 11 is 0. The van der Waals surface area contributed by atoms with E-state index in [1.807, 2.05) is 24.3 Å². The molecule has 3 aromatic rings. The molecule has 0 radical (unpaired) electrons. The number of carboxylic acid groups (broad SMARTS) is 1. The highest BCUT2D eigenvalue weighted by Crippen LogP contribution is 2.19. The van der Waals surface area contributed by atoms with Crippen LogP contribution in [-0.2, 0) is 32.0 Å². The number of aromatic amines is 1. The van der Waals surface area contributed by atoms with Crippen molar-refractivity contribution < 1.29 is 29.4 Å². The third-order valence-corrected chi connectivity index (χ3v) is 5.33. The van der Waals surface area contributed by atoms with Gasteiger partial charge >= 0.3 is 5.97 Å². The zero-order valence-corrected chi connectivity index (χ0v) is 18.8. The van der Waals surface area contributed by atoms with Gasteiger partial charge in [0.2, 0.25) is 17.7 Å². The molecule has 0 unspecified atom stereocenters. The third-order valence-electron chi connectivity index (χ3n) is 5.33. The monoisotopic (exact) mass is 481 g/mol. The molecule has 11 heteroatoms. The van der Waals surface area contributed by atoms with Crippen LogP contribution in [0.3, 0.4) is 0 Å². The Morgan fingerprint density at radius 1 is 0.914 bits per heavy atom. The Morgan fingerprint density at radius 3 is 2.31 bits per heavy atom. The number of hydrogen-bond donors (Lipinski definition) is 7. The van der Waals surface area contributed by atoms with Crippen molar-refractivity contribution in [3.63, 3.8) is 0 Å². The van der Waals surface area contributed by atoms with Gasteiger partial charge in [-0.3, -0.25) is 14.4 Å². The molecule has 184 valence electrons. The Kier molecular flexibility index (Phi) is 8.41. The van der Waals surface area contributed by atoms with Crippen LogP contribution in [0, 0.1) is 0 Å². The van der Waals surface area contributed by atoms with Crippen molar-refractivity contribution >= 4 is 34.6 Å². The zero-order chi connectivity index (χ0) is 25.4. The number of phenols is 1. The molecule has 0 spiro atoms. The fourth-order valence-corrected chi connectivity index (χ4v) is 3.48. The normalized spacial score (nSPS) is 12.5. The summed E-state index contributed by atoms with van der Waals surface area (Å²) in [5.74, 6) is -2.97. The van der Waals surface area contributed by atoms with Crippen LogP contribution in [0.15, 0.2) is 54.7 Å². The number of nitrogens with one attached hydrogen (secondary N) is 4. The van der Waals surface area contributed by atoms with Gasteiger partial charge < -0.3 is 36.9 Å². The summed E-state index contributed by atoms with van der Waals surface area (Å²) in [7, 11) is 0. The van der Waals surface area contributed by atoms with E-state index in [0.717, 1.165) is 22.0 Å². The molecule has 0 aliphatic carbocycles. The Bertz CT molecular complexity index is 1210. The summed E-state index contributed by atoms with van der Waals surface area (Å²) in [6.45, 7) is -0.848. The summed E-state index contributed by atoms with van der Waals surface area (Å²) < 4.78 is 0. The minimum atomic E-state index is -1.20. The van der Waals surface area contributed by atoms with Crippen LogP contribution in [0.25, 0.3) is 10.9 Å². The quantitative estimate of drug-likeness (QED) is 0.197. The first-order chi connectivity index (χ1) is 16.7. The Labute approximate surface area is 200 Å². The number of aliphatic carboxylic acids is 1. The van der Waals surface area contributed by atoms with Gasteiger partial charge in [0.15, 0.2) is 0 Å². The van der Waals surface area contributed by atoms with Crippen molar-refractivity contribution in [2.75, 3.05) is 13.1 Å². The molecule has 3 rings (SSSR count). The Balaban J connectivity index is 1.42. The second kappa shape index (κ2) is 11.7. The molecular formula is C24H27N5O6. The molecule has 0 saturated carbocycles. The van der Waals surface area contributed by atoms with Crippen molar-refractivity contribution in [3.8, 4) is 5.75 Å². The summed E-state index contributed by atoms with van der Waals surface area (Å²) in [4.78, 5) is 51.0. The number of amides is 3. The number of aromatic nitrogens is 1. The fraction of sp³-hybridized carbons (Fsp3) is 0.250. The van der Waals surface area contributed by atoms with Gasteiger partial charge in [0.05, 0.1) is 19.1 Å². The van der Waals surface area contributed by atoms with E-state index in [9.17, 15) is 29.4 Å². The number of carbonyl (C=O) groups is 4. The Hall–Kier alpha value is -4.38. The van der Waals surface area contributed by atoms with Crippen LogP contribution in [0.2, 0.25) is 0 Å². The highest BCUT2D eigenvalue weighted by Gasteiger charge is 2.22. The van der Waals surface area contributed by atoms with Crippen molar-refractivity contribution in [3.05, 3.63) is 65.9 Å². The molecule has 35 heavy (non-hydrogen) atoms. The number of rotatable bonds is 11. The summed E-state index contributed by atoms with van der Waals surface area (Å²) in [5.41, 5.74) is 8.18. The summed E-state index contributed by atoms with van der Waals surface area (Å²) in [6.07, 6.45) is 1.97. The van der Waals surface area contributed by atoms with E-state index in [4.69, 9.17) is 5.73 Å². The average Bonchev–Trinajstić information content (AvgIpc) is 3.25. The van der Waals surface area contributed by atoms with Crippen molar-refractivity contribution in [1.29, 1.82) is 0 Å². The number of carbonyl (C=O) groups excluding carboxylic acids is 3. The van der Waals surface area contributed by atoms with Gasteiger partial charge in [-0.05, 0) is 35.7 Å². The predicted octanol–water partition coefficient (Wildman–Crippen LogP) is -0.212. The molecule has 8 N–H and O–H groups in total. The van der Waals surface area contributed by atoms with Gasteiger partial charge in [-0.15, -0.1) is 0 Å². The molecular weight excluding hydrogens is 454 g/mol. The van der Waals surface area contributed by atoms with Gasteiger partial charge in [-0.1, -0.05) is 30.3 Å². The first-order valence-electron chi connectivity index (χ1n) is 10.9. The lowest BCUT2D eigenvalue weighted by Gasteiger charge is -2.15. The lowest BCUT2D eigenvalue weighted by molar-refractivity contribution is -0.141. The molecule has 0 aliphatic rings. The molecule has 3 amide bonds. The van der Waals surface area contributed by atoms with Crippen molar-refractivity contribution in [2.45, 2.75) is 24.9 Å². The van der Waals surface area contributed by atoms with E-state index in [1.54, 1.807) is 18.3 Å². The molecule has 1 aromatic heterocycles. The van der Waals surface area contributed by atoms with Gasteiger partial charge in [-0.2, -0.15) is 0 Å². The number of hydrogen-bond acceptors (Lipinski definition) is 6. The standard InChI is InChI=1S/C24H27N5O6/c25-18(9-14-5-7-16(30)8-6-14)23(33)28-12-21(31)27-13-22(32)29-20(24(34)35)10-15-11-26-19-4-2-1-3-17(15)19/h1-8,11,18,20,26,30H,9-10,12-13,25H2,(H,27,31)(H,28,33)(H,29,32)(H,34,35)/t18-,20-/m0/s1. The van der Waals surface area contributed by atoms with Crippen LogP contribution in [-0.4, -0.2) is 64.1 Å². The first-order valence-corrected chi connectivity index (χ1v) is 10.9. The Morgan fingerprint density at radius 2 is 1.60 bits per heavy atom. The summed E-state index contributed by atoms with van der Waals surface area (Å²) in [5, 5.41) is 26.8. The highest BCUT2D eigenvalue weighted by atomic mass is 16.4. The minimum absolute atomic E-state index is 0.0635. The van der Waals surface area contributed by atoms with Crippen molar-refractivity contribution in [2.24, 2.45) is 5.73 Å². The van der Waals surface area contributed by atoms with Crippen molar-refractivity contribution in [1.82, 2.24) is 20.9 Å². The molecule has 1 heterocycles. The maximum Gasteiger partial charge on any atom is 0.326 e. The summed E-state index contributed by atoms with van der Waals surface area (Å²) in [6, 6.07) is 11.5. The molecule has 0 aliphatic heterocycles. The van der Waals surface area contributed by atoms with E-state index in [1.165, 1.54) is 12.1 Å². The van der Waals surface area contributed by atoms with Crippen LogP contribution in [0.4, 0.5) is 0 Å². The SMILES string of the molecule is N[C@@H](Cc1ccc(O)cc1)C(=O)NCC(=O)NCC(=O)N[C@@H](Cc1c[nH]c2ccccc12)C(=O)O. The topological polar surface area (TPSA) is 187 Å². The molecule has 0 bridgehead atoms. The van der Waals surface area contributed by atoms with E-state index in [2.05, 4.69) is 20.9 Å². The van der Waals surface area contributed by atoms with Crippen LogP contribution >= 0.6 is 0 Å². The molecule has 2 aromatic carbocycles. The number of carboxylic acids is 1. The van der Waals surface area contributed by atoms with Gasteiger partial charge in [0.25, 0.3) is 0 Å². The van der Waals surface area contributed by atoms with Crippen LogP contribution in [0.5, 0.6) is 5.75 Å². The van der Waals surface area contributed by atoms with E-state index >= 15 is 0 Å². The lowest BCUT2D eigenvalue weighted by Crippen LogP contribution is -2.49. The van der Waals surface area contributed by atoms with Crippen LogP contribution < -0.4 is 21.7 Å². The van der Waals surface area contributed by atoms with Gasteiger partial charge in [0.1, 0.15) is 11.8 Å². The third kappa shape index (κ3) is 7.30. The number of para-hydroxylation sites is 1. The first kappa shape index (κ1) is 25.2. The smallest absolute Gasteiger partial charge is 0.326 e. The largest absolute Gasteiger partial charge is 0.508 e. The molecule has 11 nitrogen and oxygen atoms in total. The second-order valence-electron chi connectivity index (χ2n) is 7.99. The maximum atomic E-state index is 12.2. The second-order valence-corrected chi connectivity index (χ2v) is 7.99.